The molecule has 0 spiro atoms. The average Bonchev–Trinajstić information content (AvgIpc) is 3.19. The molecule has 0 radical (unpaired) electrons. The lowest BCUT2D eigenvalue weighted by Crippen LogP contribution is -1.95. The van der Waals surface area contributed by atoms with Gasteiger partial charge in [0, 0.05) is 42.4 Å². The zero-order valence-corrected chi connectivity index (χ0v) is 16.4. The molecule has 5 aromatic rings. The number of hydrogen-bond donors (Lipinski definition) is 1. The monoisotopic (exact) mass is 430 g/mol. The van der Waals surface area contributed by atoms with Crippen molar-refractivity contribution in [2.45, 2.75) is 4.90 Å². The van der Waals surface area contributed by atoms with Crippen LogP contribution in [-0.2, 0) is 0 Å². The molecular formula is C23H11BrO2S. The van der Waals surface area contributed by atoms with Crippen molar-refractivity contribution in [3.8, 4) is 11.1 Å². The van der Waals surface area contributed by atoms with Gasteiger partial charge < -0.3 is 4.42 Å². The number of benzene rings is 4. The van der Waals surface area contributed by atoms with Gasteiger partial charge in [0.25, 0.3) is 0 Å². The summed E-state index contributed by atoms with van der Waals surface area (Å²) >= 11 is 8.31. The predicted octanol–water partition coefficient (Wildman–Crippen LogP) is 7.00. The maximum absolute atomic E-state index is 13.2. The van der Waals surface area contributed by atoms with Crippen LogP contribution in [0.3, 0.4) is 0 Å². The Morgan fingerprint density at radius 3 is 2.30 bits per heavy atom. The van der Waals surface area contributed by atoms with Crippen LogP contribution < -0.4 is 0 Å². The quantitative estimate of drug-likeness (QED) is 0.263. The van der Waals surface area contributed by atoms with E-state index in [2.05, 4.69) is 40.7 Å². The van der Waals surface area contributed by atoms with Gasteiger partial charge in [-0.15, -0.1) is 12.6 Å². The number of ketones is 1. The number of para-hydroxylation sites is 1. The van der Waals surface area contributed by atoms with Crippen LogP contribution in [0.1, 0.15) is 15.9 Å². The van der Waals surface area contributed by atoms with Crippen molar-refractivity contribution in [1.29, 1.82) is 0 Å². The summed E-state index contributed by atoms with van der Waals surface area (Å²) < 4.78 is 7.17. The van der Waals surface area contributed by atoms with E-state index in [0.717, 1.165) is 53.2 Å². The van der Waals surface area contributed by atoms with Crippen molar-refractivity contribution in [3.63, 3.8) is 0 Å². The van der Waals surface area contributed by atoms with Gasteiger partial charge in [-0.2, -0.15) is 0 Å². The average molecular weight is 431 g/mol. The second kappa shape index (κ2) is 5.24. The van der Waals surface area contributed by atoms with Gasteiger partial charge in [-0.25, -0.2) is 0 Å². The fourth-order valence-electron chi connectivity index (χ4n) is 4.23. The third-order valence-electron chi connectivity index (χ3n) is 5.36. The lowest BCUT2D eigenvalue weighted by molar-refractivity contribution is 0.104. The molecule has 2 nitrogen and oxygen atoms in total. The molecule has 0 aliphatic heterocycles. The van der Waals surface area contributed by atoms with Gasteiger partial charge in [0.05, 0.1) is 0 Å². The summed E-state index contributed by atoms with van der Waals surface area (Å²) in [5.41, 5.74) is 4.73. The summed E-state index contributed by atoms with van der Waals surface area (Å²) in [4.78, 5) is 14.0. The maximum Gasteiger partial charge on any atom is 0.194 e. The number of hydrogen-bond acceptors (Lipinski definition) is 3. The topological polar surface area (TPSA) is 30.2 Å². The van der Waals surface area contributed by atoms with Gasteiger partial charge in [0.15, 0.2) is 5.78 Å². The van der Waals surface area contributed by atoms with Crippen molar-refractivity contribution >= 4 is 67.1 Å². The lowest BCUT2D eigenvalue weighted by Gasteiger charge is -2.09. The first kappa shape index (κ1) is 15.5. The van der Waals surface area contributed by atoms with Crippen LogP contribution in [0.25, 0.3) is 43.8 Å². The minimum Gasteiger partial charge on any atom is -0.455 e. The third kappa shape index (κ3) is 1.89. The van der Waals surface area contributed by atoms with Gasteiger partial charge in [0.1, 0.15) is 11.2 Å². The smallest absolute Gasteiger partial charge is 0.194 e. The molecular weight excluding hydrogens is 420 g/mol. The highest BCUT2D eigenvalue weighted by atomic mass is 79.9. The van der Waals surface area contributed by atoms with E-state index in [4.69, 9.17) is 4.42 Å². The van der Waals surface area contributed by atoms with Gasteiger partial charge in [-0.1, -0.05) is 58.4 Å². The van der Waals surface area contributed by atoms with Crippen molar-refractivity contribution < 1.29 is 9.21 Å². The van der Waals surface area contributed by atoms with E-state index in [-0.39, 0.29) is 5.78 Å². The molecule has 27 heavy (non-hydrogen) atoms. The number of thiol groups is 1. The molecule has 1 heterocycles. The van der Waals surface area contributed by atoms with Gasteiger partial charge in [0.2, 0.25) is 0 Å². The molecule has 4 aromatic carbocycles. The summed E-state index contributed by atoms with van der Waals surface area (Å²) in [6.07, 6.45) is 0. The molecule has 6 rings (SSSR count). The van der Waals surface area contributed by atoms with Crippen LogP contribution in [0.5, 0.6) is 0 Å². The van der Waals surface area contributed by atoms with Crippen LogP contribution in [-0.4, -0.2) is 5.78 Å². The Hall–Kier alpha value is -2.56. The number of fused-ring (bicyclic) bond motifs is 9. The van der Waals surface area contributed by atoms with Crippen LogP contribution >= 0.6 is 28.6 Å². The Bertz CT molecular complexity index is 1460. The van der Waals surface area contributed by atoms with E-state index in [9.17, 15) is 4.79 Å². The van der Waals surface area contributed by atoms with E-state index >= 15 is 0 Å². The first-order valence-electron chi connectivity index (χ1n) is 8.58. The number of furan rings is 1. The zero-order valence-electron chi connectivity index (χ0n) is 13.9. The third-order valence-corrected chi connectivity index (χ3v) is 6.37. The highest BCUT2D eigenvalue weighted by molar-refractivity contribution is 9.10. The Labute approximate surface area is 168 Å². The normalized spacial score (nSPS) is 12.9. The summed E-state index contributed by atoms with van der Waals surface area (Å²) in [5, 5.41) is 4.10. The SMILES string of the molecule is O=C1c2cc(Br)c3ccccc3c2-c2c1cc(S)c1c2oc2ccccc21. The molecule has 1 aliphatic rings. The van der Waals surface area contributed by atoms with Crippen LogP contribution in [0, 0.1) is 0 Å². The van der Waals surface area contributed by atoms with E-state index < -0.39 is 0 Å². The molecule has 0 saturated heterocycles. The highest BCUT2D eigenvalue weighted by Gasteiger charge is 2.33. The molecule has 0 N–H and O–H groups in total. The van der Waals surface area contributed by atoms with Gasteiger partial charge >= 0.3 is 0 Å². The highest BCUT2D eigenvalue weighted by Crippen LogP contribution is 2.49. The first-order valence-corrected chi connectivity index (χ1v) is 9.82. The van der Waals surface area contributed by atoms with Crippen LogP contribution in [0.2, 0.25) is 0 Å². The molecule has 0 unspecified atom stereocenters. The molecule has 1 aromatic heterocycles. The second-order valence-corrected chi connectivity index (χ2v) is 8.11. The van der Waals surface area contributed by atoms with Crippen molar-refractivity contribution in [3.05, 3.63) is 76.3 Å². The zero-order chi connectivity index (χ0) is 18.3. The molecule has 0 fully saturated rings. The molecule has 0 atom stereocenters. The van der Waals surface area contributed by atoms with Gasteiger partial charge in [-0.05, 0) is 29.0 Å². The summed E-state index contributed by atoms with van der Waals surface area (Å²) in [6.45, 7) is 0. The summed E-state index contributed by atoms with van der Waals surface area (Å²) in [6, 6.07) is 19.9. The van der Waals surface area contributed by atoms with E-state index in [1.165, 1.54) is 0 Å². The second-order valence-electron chi connectivity index (χ2n) is 6.78. The van der Waals surface area contributed by atoms with E-state index in [0.29, 0.717) is 11.1 Å². The number of carbonyl (C=O) groups is 1. The van der Waals surface area contributed by atoms with Crippen molar-refractivity contribution in [2.24, 2.45) is 0 Å². The van der Waals surface area contributed by atoms with Gasteiger partial charge in [-0.3, -0.25) is 4.79 Å². The Morgan fingerprint density at radius 2 is 1.48 bits per heavy atom. The minimum absolute atomic E-state index is 0.0177. The maximum atomic E-state index is 13.2. The lowest BCUT2D eigenvalue weighted by atomic mass is 9.96. The van der Waals surface area contributed by atoms with Crippen molar-refractivity contribution in [2.75, 3.05) is 0 Å². The predicted molar refractivity (Wildman–Crippen MR) is 115 cm³/mol. The Kier molecular flexibility index (Phi) is 3.01. The first-order chi connectivity index (χ1) is 13.1. The number of rotatable bonds is 0. The Morgan fingerprint density at radius 1 is 0.815 bits per heavy atom. The summed E-state index contributed by atoms with van der Waals surface area (Å²) in [7, 11) is 0. The van der Waals surface area contributed by atoms with E-state index in [1.807, 2.05) is 48.5 Å². The largest absolute Gasteiger partial charge is 0.455 e. The fourth-order valence-corrected chi connectivity index (χ4v) is 5.16. The number of carbonyl (C=O) groups excluding carboxylic acids is 1. The molecule has 0 amide bonds. The molecule has 4 heteroatoms. The fraction of sp³-hybridized carbons (Fsp3) is 0. The minimum atomic E-state index is 0.0177. The summed E-state index contributed by atoms with van der Waals surface area (Å²) in [5.74, 6) is 0.0177. The van der Waals surface area contributed by atoms with Crippen LogP contribution in [0.15, 0.2) is 74.4 Å². The van der Waals surface area contributed by atoms with Crippen molar-refractivity contribution in [1.82, 2.24) is 0 Å². The number of halogens is 1. The molecule has 0 saturated carbocycles. The molecule has 0 bridgehead atoms. The molecule has 128 valence electrons. The Balaban J connectivity index is 1.89. The van der Waals surface area contributed by atoms with E-state index in [1.54, 1.807) is 0 Å². The standard InChI is InChI=1S/C23H11BrO2S/c24-16-9-14-19(12-6-2-1-5-11(12)16)21-15(22(14)25)10-18(27)20-13-7-3-4-8-17(13)26-23(20)21/h1-10,27H. The molecule has 1 aliphatic carbocycles. The van der Waals surface area contributed by atoms with Crippen LogP contribution in [0.4, 0.5) is 0 Å².